The third kappa shape index (κ3) is 7.20. The van der Waals surface area contributed by atoms with Crippen LogP contribution in [-0.4, -0.2) is 29.2 Å². The summed E-state index contributed by atoms with van der Waals surface area (Å²) in [5.41, 5.74) is 5.71. The van der Waals surface area contributed by atoms with E-state index in [4.69, 9.17) is 5.73 Å². The van der Waals surface area contributed by atoms with Gasteiger partial charge in [-0.05, 0) is 37.1 Å². The van der Waals surface area contributed by atoms with Gasteiger partial charge in [0.1, 0.15) is 0 Å². The van der Waals surface area contributed by atoms with Crippen LogP contribution in [-0.2, 0) is 0 Å². The van der Waals surface area contributed by atoms with Gasteiger partial charge >= 0.3 is 0 Å². The molecule has 0 bridgehead atoms. The highest BCUT2D eigenvalue weighted by molar-refractivity contribution is 7.99. The van der Waals surface area contributed by atoms with Crippen molar-refractivity contribution < 1.29 is 9.72 Å². The molecule has 8 heteroatoms. The summed E-state index contributed by atoms with van der Waals surface area (Å²) in [4.78, 5) is 23.4. The second kappa shape index (κ2) is 10.5. The summed E-state index contributed by atoms with van der Waals surface area (Å²) in [5.74, 6) is 1.02. The highest BCUT2D eigenvalue weighted by Gasteiger charge is 2.18. The Bertz CT molecular complexity index is 541. The maximum absolute atomic E-state index is 12.0. The smallest absolute Gasteiger partial charge is 0.283 e. The molecule has 0 heterocycles. The number of hydrogen-bond acceptors (Lipinski definition) is 5. The van der Waals surface area contributed by atoms with Crippen molar-refractivity contribution in [2.75, 3.05) is 12.3 Å². The molecule has 0 spiro atoms. The fourth-order valence-electron chi connectivity index (χ4n) is 1.69. The number of nitro groups is 1. The number of amides is 1. The molecule has 1 aromatic rings. The summed E-state index contributed by atoms with van der Waals surface area (Å²) < 4.78 is 0. The molecule has 130 valence electrons. The second-order valence-corrected chi connectivity index (χ2v) is 6.72. The van der Waals surface area contributed by atoms with Crippen molar-refractivity contribution in [3.63, 3.8) is 0 Å². The highest BCUT2D eigenvalue weighted by Crippen LogP contribution is 2.31. The normalized spacial score (nSPS) is 11.7. The summed E-state index contributed by atoms with van der Waals surface area (Å²) in [7, 11) is 0. The SMILES string of the molecule is CC(C)CCSc1ccc(C(=O)N[C@@H](C)CN)cc1[N+](=O)[O-].Cl. The number of nitrogens with zero attached hydrogens (tertiary/aromatic N) is 1. The molecule has 0 fully saturated rings. The molecular weight excluding hydrogens is 338 g/mol. The quantitative estimate of drug-likeness (QED) is 0.420. The van der Waals surface area contributed by atoms with E-state index in [-0.39, 0.29) is 35.6 Å². The lowest BCUT2D eigenvalue weighted by atomic mass is 10.1. The van der Waals surface area contributed by atoms with Crippen LogP contribution in [0.4, 0.5) is 5.69 Å². The molecule has 1 rings (SSSR count). The third-order valence-electron chi connectivity index (χ3n) is 3.10. The van der Waals surface area contributed by atoms with Gasteiger partial charge in [-0.1, -0.05) is 13.8 Å². The van der Waals surface area contributed by atoms with Gasteiger partial charge in [0.2, 0.25) is 0 Å². The maximum atomic E-state index is 12.0. The van der Waals surface area contributed by atoms with Gasteiger partial charge in [-0.2, -0.15) is 0 Å². The Hall–Kier alpha value is -1.31. The highest BCUT2D eigenvalue weighted by atomic mass is 35.5. The molecule has 1 aromatic carbocycles. The average molecular weight is 362 g/mol. The van der Waals surface area contributed by atoms with Crippen LogP contribution in [0.2, 0.25) is 0 Å². The van der Waals surface area contributed by atoms with Crippen LogP contribution in [0.5, 0.6) is 0 Å². The molecular formula is C15H24ClN3O3S. The molecule has 23 heavy (non-hydrogen) atoms. The first-order valence-corrected chi connectivity index (χ1v) is 8.25. The minimum atomic E-state index is -0.444. The van der Waals surface area contributed by atoms with Crippen LogP contribution in [0.3, 0.4) is 0 Å². The fraction of sp³-hybridized carbons (Fsp3) is 0.533. The number of halogens is 1. The Kier molecular flexibility index (Phi) is 9.87. The van der Waals surface area contributed by atoms with Crippen molar-refractivity contribution in [2.24, 2.45) is 11.7 Å². The molecule has 0 aliphatic carbocycles. The number of carbonyl (C=O) groups is 1. The first kappa shape index (κ1) is 21.7. The predicted octanol–water partition coefficient (Wildman–Crippen LogP) is 3.23. The standard InChI is InChI=1S/C15H23N3O3S.ClH/c1-10(2)6-7-22-14-5-4-12(8-13(14)18(20)21)15(19)17-11(3)9-16;/h4-5,8,10-11H,6-7,9,16H2,1-3H3,(H,17,19);1H/t11-;/m0./s1. The first-order valence-electron chi connectivity index (χ1n) is 7.27. The summed E-state index contributed by atoms with van der Waals surface area (Å²) in [6.45, 7) is 6.32. The second-order valence-electron chi connectivity index (χ2n) is 5.58. The molecule has 1 atom stereocenters. The number of thioether (sulfide) groups is 1. The predicted molar refractivity (Wildman–Crippen MR) is 96.5 cm³/mol. The van der Waals surface area contributed by atoms with E-state index in [0.29, 0.717) is 17.4 Å². The zero-order valence-electron chi connectivity index (χ0n) is 13.6. The van der Waals surface area contributed by atoms with Crippen LogP contribution in [0.1, 0.15) is 37.6 Å². The molecule has 6 nitrogen and oxygen atoms in total. The number of carbonyl (C=O) groups excluding carboxylic acids is 1. The van der Waals surface area contributed by atoms with Gasteiger partial charge in [-0.25, -0.2) is 0 Å². The van der Waals surface area contributed by atoms with Crippen LogP contribution in [0.25, 0.3) is 0 Å². The zero-order chi connectivity index (χ0) is 16.7. The molecule has 0 aromatic heterocycles. The lowest BCUT2D eigenvalue weighted by molar-refractivity contribution is -0.387. The summed E-state index contributed by atoms with van der Waals surface area (Å²) in [5, 5.41) is 13.9. The van der Waals surface area contributed by atoms with E-state index in [1.165, 1.54) is 17.8 Å². The van der Waals surface area contributed by atoms with Gasteiger partial charge in [-0.15, -0.1) is 24.2 Å². The molecule has 0 aliphatic rings. The lowest BCUT2D eigenvalue weighted by Crippen LogP contribution is -2.37. The Morgan fingerprint density at radius 3 is 2.57 bits per heavy atom. The fourth-order valence-corrected chi connectivity index (χ4v) is 2.95. The number of rotatable bonds is 8. The van der Waals surface area contributed by atoms with Gasteiger partial charge in [0, 0.05) is 24.2 Å². The monoisotopic (exact) mass is 361 g/mol. The van der Waals surface area contributed by atoms with Crippen molar-refractivity contribution in [3.8, 4) is 0 Å². The molecule has 0 radical (unpaired) electrons. The summed E-state index contributed by atoms with van der Waals surface area (Å²) in [6.07, 6.45) is 0.984. The minimum absolute atomic E-state index is 0. The lowest BCUT2D eigenvalue weighted by Gasteiger charge is -2.12. The van der Waals surface area contributed by atoms with Gasteiger partial charge in [0.05, 0.1) is 9.82 Å². The van der Waals surface area contributed by atoms with Crippen molar-refractivity contribution >= 4 is 35.8 Å². The van der Waals surface area contributed by atoms with E-state index in [1.807, 2.05) is 0 Å². The molecule has 1 amide bonds. The Balaban J connectivity index is 0.00000484. The molecule has 0 aliphatic heterocycles. The van der Waals surface area contributed by atoms with Gasteiger partial charge in [0.25, 0.3) is 11.6 Å². The molecule has 0 saturated carbocycles. The average Bonchev–Trinajstić information content (AvgIpc) is 2.46. The zero-order valence-corrected chi connectivity index (χ0v) is 15.2. The molecule has 0 unspecified atom stereocenters. The van der Waals surface area contributed by atoms with Crippen molar-refractivity contribution in [1.29, 1.82) is 0 Å². The third-order valence-corrected chi connectivity index (χ3v) is 4.20. The van der Waals surface area contributed by atoms with E-state index in [2.05, 4.69) is 19.2 Å². The van der Waals surface area contributed by atoms with Gasteiger partial charge < -0.3 is 11.1 Å². The van der Waals surface area contributed by atoms with E-state index >= 15 is 0 Å². The van der Waals surface area contributed by atoms with E-state index in [1.54, 1.807) is 19.1 Å². The number of nitrogens with one attached hydrogen (secondary N) is 1. The minimum Gasteiger partial charge on any atom is -0.348 e. The molecule has 3 N–H and O–H groups in total. The summed E-state index contributed by atoms with van der Waals surface area (Å²) in [6, 6.07) is 4.41. The van der Waals surface area contributed by atoms with Gasteiger partial charge in [-0.3, -0.25) is 14.9 Å². The largest absolute Gasteiger partial charge is 0.348 e. The Morgan fingerprint density at radius 1 is 1.39 bits per heavy atom. The van der Waals surface area contributed by atoms with E-state index in [9.17, 15) is 14.9 Å². The Labute approximate surface area is 147 Å². The van der Waals surface area contributed by atoms with E-state index < -0.39 is 4.92 Å². The van der Waals surface area contributed by atoms with E-state index in [0.717, 1.165) is 12.2 Å². The Morgan fingerprint density at radius 2 is 2.04 bits per heavy atom. The number of nitro benzene ring substituents is 1. The van der Waals surface area contributed by atoms with Gasteiger partial charge in [0.15, 0.2) is 0 Å². The number of nitrogens with two attached hydrogens (primary N) is 1. The molecule has 0 saturated heterocycles. The van der Waals surface area contributed by atoms with Crippen LogP contribution in [0, 0.1) is 16.0 Å². The number of hydrogen-bond donors (Lipinski definition) is 2. The topological polar surface area (TPSA) is 98.3 Å². The number of benzene rings is 1. The van der Waals surface area contributed by atoms with Crippen LogP contribution < -0.4 is 11.1 Å². The van der Waals surface area contributed by atoms with Crippen molar-refractivity contribution in [1.82, 2.24) is 5.32 Å². The van der Waals surface area contributed by atoms with Crippen molar-refractivity contribution in [2.45, 2.75) is 38.1 Å². The van der Waals surface area contributed by atoms with Crippen molar-refractivity contribution in [3.05, 3.63) is 33.9 Å². The maximum Gasteiger partial charge on any atom is 0.283 e. The first-order chi connectivity index (χ1) is 10.3. The van der Waals surface area contributed by atoms with Crippen LogP contribution >= 0.6 is 24.2 Å². The van der Waals surface area contributed by atoms with Crippen LogP contribution in [0.15, 0.2) is 23.1 Å². The summed E-state index contributed by atoms with van der Waals surface area (Å²) >= 11 is 1.45.